The summed E-state index contributed by atoms with van der Waals surface area (Å²) in [5, 5.41) is 23.1. The fourth-order valence-electron chi connectivity index (χ4n) is 4.48. The van der Waals surface area contributed by atoms with Crippen LogP contribution in [0.15, 0.2) is 78.6 Å². The number of anilines is 1. The van der Waals surface area contributed by atoms with Crippen LogP contribution in [0.4, 0.5) is 5.69 Å². The number of hydrogen-bond acceptors (Lipinski definition) is 4. The van der Waals surface area contributed by atoms with Crippen LogP contribution in [0, 0.1) is 10.8 Å². The van der Waals surface area contributed by atoms with Crippen LogP contribution in [-0.2, 0) is 35.7 Å². The summed E-state index contributed by atoms with van der Waals surface area (Å²) >= 11 is 0. The predicted octanol–water partition coefficient (Wildman–Crippen LogP) is 5.47. The number of nitrogens with one attached hydrogen (secondary N) is 2. The molecular weight excluding hydrogens is 471 g/mol. The summed E-state index contributed by atoms with van der Waals surface area (Å²) in [4.78, 5) is 2.31. The molecule has 0 fully saturated rings. The Morgan fingerprint density at radius 1 is 1.12 bits per heavy atom. The zero-order valence-corrected chi connectivity index (χ0v) is 21.0. The molecule has 34 heavy (non-hydrogen) atoms. The van der Waals surface area contributed by atoms with Gasteiger partial charge in [-0.05, 0) is 67.8 Å². The smallest absolute Gasteiger partial charge is 0.227 e. The van der Waals surface area contributed by atoms with Gasteiger partial charge in [-0.15, -0.1) is 0 Å². The predicted molar refractivity (Wildman–Crippen MR) is 135 cm³/mol. The van der Waals surface area contributed by atoms with Gasteiger partial charge in [-0.25, -0.2) is 0 Å². The van der Waals surface area contributed by atoms with E-state index in [0.29, 0.717) is 5.69 Å². The molecule has 0 saturated carbocycles. The topological polar surface area (TPSA) is 85.3 Å². The summed E-state index contributed by atoms with van der Waals surface area (Å²) in [5.41, 5.74) is 5.30. The van der Waals surface area contributed by atoms with Crippen molar-refractivity contribution in [3.63, 3.8) is 0 Å². The fraction of sp³-hybridized carbons (Fsp3) is 0.259. The van der Waals surface area contributed by atoms with E-state index in [0.717, 1.165) is 18.7 Å². The number of hydrogen-bond donors (Lipinski definition) is 3. The largest absolute Gasteiger partial charge is 0.497 e. The number of aliphatic hydroxyl groups excluding tert-OH is 1. The Morgan fingerprint density at radius 3 is 2.32 bits per heavy atom. The number of methoxy groups -OCH3 is 1. The van der Waals surface area contributed by atoms with Crippen LogP contribution >= 0.6 is 0 Å². The molecule has 1 aliphatic rings. The van der Waals surface area contributed by atoms with E-state index >= 15 is 0 Å². The van der Waals surface area contributed by atoms with Gasteiger partial charge in [0.25, 0.3) is 0 Å². The number of aliphatic hydroxyl groups is 1. The van der Waals surface area contributed by atoms with Gasteiger partial charge in [0.05, 0.1) is 7.11 Å². The number of aromatic nitrogens is 1. The zero-order chi connectivity index (χ0) is 24.0. The Kier molecular flexibility index (Phi) is 9.29. The molecule has 3 aromatic rings. The quantitative estimate of drug-likeness (QED) is 0.308. The van der Waals surface area contributed by atoms with Crippen LogP contribution in [0.3, 0.4) is 0 Å². The molecule has 0 bridgehead atoms. The van der Waals surface area contributed by atoms with Gasteiger partial charge in [0.2, 0.25) is 5.90 Å². The van der Waals surface area contributed by atoms with E-state index in [9.17, 15) is 0 Å². The number of rotatable bonds is 6. The molecule has 1 unspecified atom stereocenters. The molecule has 0 amide bonds. The van der Waals surface area contributed by atoms with Gasteiger partial charge < -0.3 is 24.7 Å². The molecule has 3 N–H and O–H groups in total. The van der Waals surface area contributed by atoms with Gasteiger partial charge in [-0.1, -0.05) is 30.3 Å². The number of aryl methyl sites for hydroxylation is 1. The third kappa shape index (κ3) is 5.43. The molecule has 0 spiro atoms. The summed E-state index contributed by atoms with van der Waals surface area (Å²) in [7, 11) is 3.48. The number of fused-ring (bicyclic) bond motifs is 1. The number of nitrogens with zero attached hydrogens (tertiary/aromatic N) is 2. The van der Waals surface area contributed by atoms with E-state index in [1.165, 1.54) is 28.7 Å². The molecule has 2 aromatic carbocycles. The summed E-state index contributed by atoms with van der Waals surface area (Å²) in [5.74, 6) is 0.489. The normalized spacial score (nSPS) is 17.3. The van der Waals surface area contributed by atoms with Gasteiger partial charge in [-0.2, -0.15) is 0 Å². The standard InChI is InChI=1S/C21H24N2O.C6H8N2O.Co/c1-4-23-19-11-10-17(24-3)14-18(19)21(2,20(23)12-13-22)15-16-8-6-5-7-9-16;1-8-4-2-3-5(8)6(7)9;/h5-14,22H,4,15H2,1-3H3;2-4H,1H3,(H2,7,9);/b20-12-,22-13?;;. The summed E-state index contributed by atoms with van der Waals surface area (Å²) in [6.07, 6.45) is 5.99. The second-order valence-electron chi connectivity index (χ2n) is 8.19. The average molecular weight is 504 g/mol. The maximum atomic E-state index is 8.66. The van der Waals surface area contributed by atoms with Gasteiger partial charge in [0.1, 0.15) is 11.4 Å². The van der Waals surface area contributed by atoms with E-state index in [2.05, 4.69) is 55.1 Å². The Bertz CT molecular complexity index is 1160. The molecular formula is C27H32CoN4O2. The molecule has 181 valence electrons. The van der Waals surface area contributed by atoms with Crippen LogP contribution in [0.5, 0.6) is 5.75 Å². The number of benzene rings is 2. The van der Waals surface area contributed by atoms with Gasteiger partial charge in [-0.3, -0.25) is 5.41 Å². The van der Waals surface area contributed by atoms with Crippen molar-refractivity contribution < 1.29 is 26.6 Å². The second-order valence-corrected chi connectivity index (χ2v) is 8.19. The van der Waals surface area contributed by atoms with Crippen LogP contribution in [0.2, 0.25) is 0 Å². The van der Waals surface area contributed by atoms with Crippen molar-refractivity contribution in [1.82, 2.24) is 4.57 Å². The van der Waals surface area contributed by atoms with E-state index in [4.69, 9.17) is 20.7 Å². The molecule has 1 aliphatic heterocycles. The Morgan fingerprint density at radius 2 is 1.82 bits per heavy atom. The summed E-state index contributed by atoms with van der Waals surface area (Å²) in [6, 6.07) is 20.3. The van der Waals surface area contributed by atoms with Crippen LogP contribution in [0.1, 0.15) is 30.7 Å². The Hall–Kier alpha value is -3.29. The third-order valence-corrected chi connectivity index (χ3v) is 6.09. The van der Waals surface area contributed by atoms with Gasteiger partial charge >= 0.3 is 0 Å². The number of ether oxygens (including phenoxy) is 1. The van der Waals surface area contributed by atoms with E-state index < -0.39 is 0 Å². The molecule has 1 atom stereocenters. The SMILES string of the molecule is CCN1/C(=C\C=N)C(C)(Cc2ccccc2)c2cc(OC)ccc21.Cn1cccc1C(=N)O.[Co]. The van der Waals surface area contributed by atoms with E-state index in [1.54, 1.807) is 37.1 Å². The van der Waals surface area contributed by atoms with Crippen molar-refractivity contribution in [3.8, 4) is 5.75 Å². The van der Waals surface area contributed by atoms with Crippen molar-refractivity contribution in [3.05, 3.63) is 95.5 Å². The van der Waals surface area contributed by atoms with E-state index in [1.807, 2.05) is 18.2 Å². The fourth-order valence-corrected chi connectivity index (χ4v) is 4.48. The van der Waals surface area contributed by atoms with Crippen molar-refractivity contribution in [2.75, 3.05) is 18.6 Å². The maximum absolute atomic E-state index is 8.66. The molecule has 4 rings (SSSR count). The first-order valence-corrected chi connectivity index (χ1v) is 11.0. The second kappa shape index (κ2) is 11.7. The minimum Gasteiger partial charge on any atom is -0.497 e. The van der Waals surface area contributed by atoms with Crippen molar-refractivity contribution in [2.24, 2.45) is 7.05 Å². The first-order valence-electron chi connectivity index (χ1n) is 11.0. The molecule has 1 radical (unpaired) electrons. The minimum absolute atomic E-state index is 0. The van der Waals surface area contributed by atoms with Crippen molar-refractivity contribution >= 4 is 17.8 Å². The number of allylic oxidation sites excluding steroid dienone is 2. The molecule has 0 saturated heterocycles. The maximum Gasteiger partial charge on any atom is 0.227 e. The average Bonchev–Trinajstić information content (AvgIpc) is 3.34. The van der Waals surface area contributed by atoms with Gasteiger partial charge in [0, 0.05) is 59.6 Å². The monoisotopic (exact) mass is 503 g/mol. The molecule has 6 nitrogen and oxygen atoms in total. The third-order valence-electron chi connectivity index (χ3n) is 6.09. The minimum atomic E-state index is -0.387. The van der Waals surface area contributed by atoms with Crippen molar-refractivity contribution in [1.29, 1.82) is 10.8 Å². The first-order chi connectivity index (χ1) is 15.8. The first kappa shape index (κ1) is 27.0. The molecule has 7 heteroatoms. The molecule has 1 aromatic heterocycles. The zero-order valence-electron chi connectivity index (χ0n) is 20.0. The van der Waals surface area contributed by atoms with Crippen LogP contribution in [0.25, 0.3) is 0 Å². The van der Waals surface area contributed by atoms with Crippen LogP contribution in [-0.4, -0.2) is 35.4 Å². The Balaban J connectivity index is 0.000000345. The summed E-state index contributed by atoms with van der Waals surface area (Å²) < 4.78 is 7.15. The van der Waals surface area contributed by atoms with E-state index in [-0.39, 0.29) is 28.1 Å². The Labute approximate surface area is 212 Å². The van der Waals surface area contributed by atoms with Gasteiger partial charge in [0.15, 0.2) is 0 Å². The number of likely N-dealkylation sites (N-methyl/N-ethyl adjacent to an activating group) is 1. The summed E-state index contributed by atoms with van der Waals surface area (Å²) in [6.45, 7) is 5.30. The molecule has 2 heterocycles. The van der Waals surface area contributed by atoms with Crippen molar-refractivity contribution in [2.45, 2.75) is 25.7 Å². The molecule has 0 aliphatic carbocycles. The van der Waals surface area contributed by atoms with Crippen LogP contribution < -0.4 is 9.64 Å².